The van der Waals surface area contributed by atoms with Gasteiger partial charge in [-0.25, -0.2) is 9.67 Å². The minimum atomic E-state index is 0.663. The van der Waals surface area contributed by atoms with E-state index in [1.807, 2.05) is 13.1 Å². The molecule has 7 heteroatoms. The molecular weight excluding hydrogens is 200 g/mol. The number of nitrogens with zero attached hydrogens (tertiary/aromatic N) is 5. The van der Waals surface area contributed by atoms with Gasteiger partial charge in [-0.3, -0.25) is 0 Å². The summed E-state index contributed by atoms with van der Waals surface area (Å²) in [6.45, 7) is 2.69. The quantitative estimate of drug-likeness (QED) is 0.802. The van der Waals surface area contributed by atoms with Crippen LogP contribution in [-0.4, -0.2) is 25.2 Å². The van der Waals surface area contributed by atoms with E-state index in [1.165, 1.54) is 4.88 Å². The normalized spacial score (nSPS) is 10.4. The van der Waals surface area contributed by atoms with E-state index in [9.17, 15) is 0 Å². The first-order valence-electron chi connectivity index (χ1n) is 4.13. The molecule has 0 saturated heterocycles. The lowest BCUT2D eigenvalue weighted by atomic mass is 10.5. The highest BCUT2D eigenvalue weighted by Gasteiger charge is 2.02. The number of thiazole rings is 1. The van der Waals surface area contributed by atoms with Crippen molar-refractivity contribution in [3.05, 3.63) is 16.1 Å². The van der Waals surface area contributed by atoms with Crippen LogP contribution in [0.25, 0.3) is 0 Å². The van der Waals surface area contributed by atoms with Crippen LogP contribution in [0.4, 0.5) is 5.95 Å². The second kappa shape index (κ2) is 3.70. The summed E-state index contributed by atoms with van der Waals surface area (Å²) in [5.41, 5.74) is 0. The Labute approximate surface area is 85.0 Å². The molecule has 0 atom stereocenters. The first-order valence-corrected chi connectivity index (χ1v) is 4.95. The summed E-state index contributed by atoms with van der Waals surface area (Å²) in [5, 5.41) is 15.2. The highest BCUT2D eigenvalue weighted by atomic mass is 32.1. The fourth-order valence-corrected chi connectivity index (χ4v) is 1.77. The monoisotopic (exact) mass is 210 g/mol. The predicted octanol–water partition coefficient (Wildman–Crippen LogP) is 0.587. The van der Waals surface area contributed by atoms with Gasteiger partial charge in [0.1, 0.15) is 0 Å². The number of anilines is 1. The maximum absolute atomic E-state index is 4.16. The summed E-state index contributed by atoms with van der Waals surface area (Å²) in [7, 11) is 1.79. The van der Waals surface area contributed by atoms with Crippen molar-refractivity contribution in [1.29, 1.82) is 0 Å². The fourth-order valence-electron chi connectivity index (χ4n) is 1.03. The van der Waals surface area contributed by atoms with Gasteiger partial charge >= 0.3 is 0 Å². The molecule has 74 valence electrons. The summed E-state index contributed by atoms with van der Waals surface area (Å²) in [4.78, 5) is 5.33. The van der Waals surface area contributed by atoms with Crippen molar-refractivity contribution in [2.24, 2.45) is 7.05 Å². The van der Waals surface area contributed by atoms with Crippen LogP contribution in [0, 0.1) is 6.92 Å². The summed E-state index contributed by atoms with van der Waals surface area (Å²) in [6.07, 6.45) is 1.86. The molecule has 2 aromatic rings. The van der Waals surface area contributed by atoms with Crippen molar-refractivity contribution in [1.82, 2.24) is 25.2 Å². The number of tetrazole rings is 1. The molecule has 2 heterocycles. The molecule has 6 nitrogen and oxygen atoms in total. The molecule has 14 heavy (non-hydrogen) atoms. The van der Waals surface area contributed by atoms with Crippen LogP contribution in [0.1, 0.15) is 9.88 Å². The van der Waals surface area contributed by atoms with Crippen LogP contribution in [0.3, 0.4) is 0 Å². The average molecular weight is 210 g/mol. The molecule has 0 amide bonds. The third-order valence-electron chi connectivity index (χ3n) is 1.71. The highest BCUT2D eigenvalue weighted by Crippen LogP contribution is 2.12. The van der Waals surface area contributed by atoms with Gasteiger partial charge in [0.2, 0.25) is 5.95 Å². The number of hydrogen-bond acceptors (Lipinski definition) is 6. The van der Waals surface area contributed by atoms with Gasteiger partial charge in [-0.05, 0) is 17.4 Å². The summed E-state index contributed by atoms with van der Waals surface area (Å²) < 4.78 is 1.59. The first kappa shape index (κ1) is 9.07. The molecule has 0 aromatic carbocycles. The number of rotatable bonds is 3. The molecule has 0 spiro atoms. The van der Waals surface area contributed by atoms with Crippen LogP contribution in [-0.2, 0) is 13.6 Å². The maximum Gasteiger partial charge on any atom is 0.242 e. The zero-order chi connectivity index (χ0) is 9.97. The minimum Gasteiger partial charge on any atom is -0.348 e. The molecular formula is C7H10N6S. The lowest BCUT2D eigenvalue weighted by Crippen LogP contribution is -2.04. The van der Waals surface area contributed by atoms with Gasteiger partial charge in [0.25, 0.3) is 0 Å². The Hall–Kier alpha value is -1.50. The smallest absolute Gasteiger partial charge is 0.242 e. The standard InChI is InChI=1S/C7H10N6S/c1-5-8-3-6(14-5)4-9-7-10-11-12-13(7)2/h3H,4H2,1-2H3,(H,9,10,12). The Morgan fingerprint density at radius 2 is 2.43 bits per heavy atom. The summed E-state index contributed by atoms with van der Waals surface area (Å²) >= 11 is 1.66. The van der Waals surface area contributed by atoms with E-state index in [0.717, 1.165) is 5.01 Å². The molecule has 0 bridgehead atoms. The fraction of sp³-hybridized carbons (Fsp3) is 0.429. The van der Waals surface area contributed by atoms with Gasteiger partial charge in [-0.15, -0.1) is 11.3 Å². The minimum absolute atomic E-state index is 0.663. The lowest BCUT2D eigenvalue weighted by Gasteiger charge is -1.99. The lowest BCUT2D eigenvalue weighted by molar-refractivity contribution is 0.712. The van der Waals surface area contributed by atoms with Crippen LogP contribution >= 0.6 is 11.3 Å². The Bertz CT molecular complexity index is 419. The van der Waals surface area contributed by atoms with E-state index in [1.54, 1.807) is 23.1 Å². The average Bonchev–Trinajstić information content (AvgIpc) is 2.72. The van der Waals surface area contributed by atoms with Crippen molar-refractivity contribution >= 4 is 17.3 Å². The molecule has 0 radical (unpaired) electrons. The molecule has 1 N–H and O–H groups in total. The molecule has 0 aliphatic rings. The van der Waals surface area contributed by atoms with E-state index in [-0.39, 0.29) is 0 Å². The van der Waals surface area contributed by atoms with Gasteiger partial charge in [0.05, 0.1) is 11.6 Å². The van der Waals surface area contributed by atoms with Crippen molar-refractivity contribution in [2.45, 2.75) is 13.5 Å². The number of hydrogen-bond donors (Lipinski definition) is 1. The number of nitrogens with one attached hydrogen (secondary N) is 1. The van der Waals surface area contributed by atoms with Crippen molar-refractivity contribution in [2.75, 3.05) is 5.32 Å². The van der Waals surface area contributed by atoms with E-state index < -0.39 is 0 Å². The van der Waals surface area contributed by atoms with Gasteiger partial charge < -0.3 is 5.32 Å². The molecule has 0 fully saturated rings. The van der Waals surface area contributed by atoms with E-state index in [2.05, 4.69) is 25.8 Å². The van der Waals surface area contributed by atoms with E-state index in [4.69, 9.17) is 0 Å². The Morgan fingerprint density at radius 3 is 3.00 bits per heavy atom. The third-order valence-corrected chi connectivity index (χ3v) is 2.62. The third kappa shape index (κ3) is 1.87. The van der Waals surface area contributed by atoms with Gasteiger partial charge in [0.15, 0.2) is 0 Å². The van der Waals surface area contributed by atoms with Gasteiger partial charge in [-0.1, -0.05) is 5.10 Å². The second-order valence-electron chi connectivity index (χ2n) is 2.83. The Morgan fingerprint density at radius 1 is 1.57 bits per heavy atom. The molecule has 0 unspecified atom stereocenters. The van der Waals surface area contributed by atoms with E-state index in [0.29, 0.717) is 12.5 Å². The zero-order valence-electron chi connectivity index (χ0n) is 7.93. The highest BCUT2D eigenvalue weighted by molar-refractivity contribution is 7.11. The Kier molecular flexibility index (Phi) is 2.40. The predicted molar refractivity (Wildman–Crippen MR) is 53.0 cm³/mol. The van der Waals surface area contributed by atoms with Crippen LogP contribution in [0.2, 0.25) is 0 Å². The number of aryl methyl sites for hydroxylation is 2. The second-order valence-corrected chi connectivity index (χ2v) is 4.14. The molecule has 0 saturated carbocycles. The molecule has 2 aromatic heterocycles. The Balaban J connectivity index is 1.98. The van der Waals surface area contributed by atoms with Gasteiger partial charge in [-0.2, -0.15) is 0 Å². The van der Waals surface area contributed by atoms with Crippen LogP contribution in [0.15, 0.2) is 6.20 Å². The van der Waals surface area contributed by atoms with Crippen LogP contribution < -0.4 is 5.32 Å². The summed E-state index contributed by atoms with van der Waals surface area (Å²) in [5.74, 6) is 0.663. The SMILES string of the molecule is Cc1ncc(CNc2nnnn2C)s1. The van der Waals surface area contributed by atoms with Gasteiger partial charge in [0, 0.05) is 18.1 Å². The molecule has 0 aliphatic carbocycles. The zero-order valence-corrected chi connectivity index (χ0v) is 8.75. The van der Waals surface area contributed by atoms with Crippen molar-refractivity contribution in [3.8, 4) is 0 Å². The molecule has 2 rings (SSSR count). The van der Waals surface area contributed by atoms with Crippen molar-refractivity contribution < 1.29 is 0 Å². The number of aromatic nitrogens is 5. The molecule has 0 aliphatic heterocycles. The first-order chi connectivity index (χ1) is 6.75. The van der Waals surface area contributed by atoms with E-state index >= 15 is 0 Å². The topological polar surface area (TPSA) is 68.5 Å². The maximum atomic E-state index is 4.16. The van der Waals surface area contributed by atoms with Crippen LogP contribution in [0.5, 0.6) is 0 Å². The summed E-state index contributed by atoms with van der Waals surface area (Å²) in [6, 6.07) is 0. The largest absolute Gasteiger partial charge is 0.348 e. The van der Waals surface area contributed by atoms with Crippen molar-refractivity contribution in [3.63, 3.8) is 0 Å².